The lowest BCUT2D eigenvalue weighted by Crippen LogP contribution is -2.30. The molecule has 0 unspecified atom stereocenters. The Morgan fingerprint density at radius 1 is 1.14 bits per heavy atom. The lowest BCUT2D eigenvalue weighted by Gasteiger charge is -2.29. The van der Waals surface area contributed by atoms with Crippen molar-refractivity contribution >= 4 is 0 Å². The van der Waals surface area contributed by atoms with Crippen molar-refractivity contribution in [1.82, 2.24) is 4.90 Å². The molecule has 1 saturated heterocycles. The molecule has 82 valence electrons. The number of hydrogen-bond acceptors (Lipinski definition) is 2. The fraction of sp³-hybridized carbons (Fsp3) is 1.00. The normalized spacial score (nSPS) is 40.3. The highest BCUT2D eigenvalue weighted by atomic mass is 16.3. The van der Waals surface area contributed by atoms with E-state index in [4.69, 9.17) is 0 Å². The Balaban J connectivity index is 1.70. The van der Waals surface area contributed by atoms with Gasteiger partial charge < -0.3 is 10.0 Å². The van der Waals surface area contributed by atoms with Crippen LogP contribution >= 0.6 is 0 Å². The van der Waals surface area contributed by atoms with Gasteiger partial charge in [0.15, 0.2) is 0 Å². The molecule has 2 nitrogen and oxygen atoms in total. The molecule has 0 radical (unpaired) electrons. The Bertz CT molecular complexity index is 175. The molecule has 1 aliphatic carbocycles. The van der Waals surface area contributed by atoms with Crippen molar-refractivity contribution in [1.29, 1.82) is 0 Å². The minimum atomic E-state index is -0.0440. The molecular weight excluding hydrogens is 174 g/mol. The van der Waals surface area contributed by atoms with E-state index in [1.54, 1.807) is 0 Å². The summed E-state index contributed by atoms with van der Waals surface area (Å²) in [5.74, 6) is 1.87. The fourth-order valence-corrected chi connectivity index (χ4v) is 2.85. The number of aliphatic hydroxyl groups is 1. The molecule has 2 aliphatic rings. The number of β-amino-alcohol motifs (C(OH)–C–C–N with tert-alkyl or cyclic N) is 1. The van der Waals surface area contributed by atoms with Gasteiger partial charge in [-0.1, -0.05) is 19.8 Å². The summed E-state index contributed by atoms with van der Waals surface area (Å²) in [7, 11) is 0. The maximum atomic E-state index is 9.43. The molecule has 0 amide bonds. The molecule has 0 aromatic carbocycles. The van der Waals surface area contributed by atoms with Crippen molar-refractivity contribution in [2.75, 3.05) is 19.6 Å². The van der Waals surface area contributed by atoms with Gasteiger partial charge in [-0.2, -0.15) is 0 Å². The van der Waals surface area contributed by atoms with Crippen LogP contribution in [0.3, 0.4) is 0 Å². The quantitative estimate of drug-likeness (QED) is 0.730. The summed E-state index contributed by atoms with van der Waals surface area (Å²) >= 11 is 0. The summed E-state index contributed by atoms with van der Waals surface area (Å²) in [5.41, 5.74) is 0. The average Bonchev–Trinajstić information content (AvgIpc) is 2.56. The zero-order chi connectivity index (χ0) is 9.97. The topological polar surface area (TPSA) is 23.5 Å². The van der Waals surface area contributed by atoms with Crippen molar-refractivity contribution in [2.24, 2.45) is 11.8 Å². The fourth-order valence-electron chi connectivity index (χ4n) is 2.85. The predicted molar refractivity (Wildman–Crippen MR) is 58.2 cm³/mol. The standard InChI is InChI=1S/C12H23NO/c1-10-2-4-11(5-3-10)8-13-7-6-12(14)9-13/h10-12,14H,2-9H2,1H3/t10?,11?,12-/m0/s1. The maximum absolute atomic E-state index is 9.43. The molecule has 2 rings (SSSR count). The third-order valence-electron chi connectivity index (χ3n) is 3.90. The number of aliphatic hydroxyl groups excluding tert-OH is 1. The highest BCUT2D eigenvalue weighted by Crippen LogP contribution is 2.29. The van der Waals surface area contributed by atoms with Crippen molar-refractivity contribution in [2.45, 2.75) is 45.1 Å². The van der Waals surface area contributed by atoms with E-state index in [0.29, 0.717) is 0 Å². The van der Waals surface area contributed by atoms with Crippen molar-refractivity contribution in [3.05, 3.63) is 0 Å². The monoisotopic (exact) mass is 197 g/mol. The SMILES string of the molecule is CC1CCC(CN2CC[C@H](O)C2)CC1. The van der Waals surface area contributed by atoms with Crippen LogP contribution in [0.2, 0.25) is 0 Å². The van der Waals surface area contributed by atoms with Crippen LogP contribution in [0.25, 0.3) is 0 Å². The van der Waals surface area contributed by atoms with Gasteiger partial charge in [-0.25, -0.2) is 0 Å². The van der Waals surface area contributed by atoms with Gasteiger partial charge in [0, 0.05) is 19.6 Å². The smallest absolute Gasteiger partial charge is 0.0679 e. The second kappa shape index (κ2) is 4.63. The minimum Gasteiger partial charge on any atom is -0.392 e. The molecule has 2 fully saturated rings. The highest BCUT2D eigenvalue weighted by Gasteiger charge is 2.25. The Labute approximate surface area is 87.3 Å². The summed E-state index contributed by atoms with van der Waals surface area (Å²) in [4.78, 5) is 2.45. The Morgan fingerprint density at radius 2 is 1.86 bits per heavy atom. The molecule has 1 saturated carbocycles. The lowest BCUT2D eigenvalue weighted by atomic mass is 9.83. The summed E-state index contributed by atoms with van der Waals surface area (Å²) in [6.45, 7) is 5.65. The minimum absolute atomic E-state index is 0.0440. The predicted octanol–water partition coefficient (Wildman–Crippen LogP) is 1.88. The lowest BCUT2D eigenvalue weighted by molar-refractivity contribution is 0.159. The molecule has 14 heavy (non-hydrogen) atoms. The van der Waals surface area contributed by atoms with Crippen LogP contribution in [0.1, 0.15) is 39.0 Å². The van der Waals surface area contributed by atoms with E-state index >= 15 is 0 Å². The van der Waals surface area contributed by atoms with E-state index in [2.05, 4.69) is 11.8 Å². The summed E-state index contributed by atoms with van der Waals surface area (Å²) < 4.78 is 0. The summed E-state index contributed by atoms with van der Waals surface area (Å²) in [5, 5.41) is 9.43. The second-order valence-electron chi connectivity index (χ2n) is 5.33. The average molecular weight is 197 g/mol. The van der Waals surface area contributed by atoms with E-state index in [1.165, 1.54) is 32.2 Å². The molecule has 0 aromatic rings. The number of hydrogen-bond donors (Lipinski definition) is 1. The molecule has 2 heteroatoms. The van der Waals surface area contributed by atoms with E-state index in [1.807, 2.05) is 0 Å². The maximum Gasteiger partial charge on any atom is 0.0679 e. The van der Waals surface area contributed by atoms with E-state index in [-0.39, 0.29) is 6.10 Å². The Hall–Kier alpha value is -0.0800. The van der Waals surface area contributed by atoms with Crippen LogP contribution in [0, 0.1) is 11.8 Å². The van der Waals surface area contributed by atoms with Gasteiger partial charge in [-0.15, -0.1) is 0 Å². The van der Waals surface area contributed by atoms with Crippen LogP contribution in [0.4, 0.5) is 0 Å². The Kier molecular flexibility index (Phi) is 3.45. The molecular formula is C12H23NO. The number of nitrogens with zero attached hydrogens (tertiary/aromatic N) is 1. The van der Waals surface area contributed by atoms with Crippen LogP contribution in [0.5, 0.6) is 0 Å². The van der Waals surface area contributed by atoms with Crippen LogP contribution < -0.4 is 0 Å². The zero-order valence-corrected chi connectivity index (χ0v) is 9.28. The van der Waals surface area contributed by atoms with Crippen molar-refractivity contribution < 1.29 is 5.11 Å². The first kappa shape index (κ1) is 10.4. The van der Waals surface area contributed by atoms with E-state index < -0.39 is 0 Å². The molecule has 1 heterocycles. The molecule has 0 aromatic heterocycles. The third-order valence-corrected chi connectivity index (χ3v) is 3.90. The molecule has 0 spiro atoms. The largest absolute Gasteiger partial charge is 0.392 e. The van der Waals surface area contributed by atoms with Gasteiger partial charge in [-0.3, -0.25) is 0 Å². The van der Waals surface area contributed by atoms with Crippen molar-refractivity contribution in [3.8, 4) is 0 Å². The molecule has 1 atom stereocenters. The van der Waals surface area contributed by atoms with Crippen LogP contribution in [0.15, 0.2) is 0 Å². The highest BCUT2D eigenvalue weighted by molar-refractivity contribution is 4.79. The van der Waals surface area contributed by atoms with Crippen LogP contribution in [-0.2, 0) is 0 Å². The summed E-state index contributed by atoms with van der Waals surface area (Å²) in [6, 6.07) is 0. The third kappa shape index (κ3) is 2.71. The zero-order valence-electron chi connectivity index (χ0n) is 9.28. The Morgan fingerprint density at radius 3 is 2.43 bits per heavy atom. The first-order valence-corrected chi connectivity index (χ1v) is 6.14. The number of likely N-dealkylation sites (tertiary alicyclic amines) is 1. The second-order valence-corrected chi connectivity index (χ2v) is 5.33. The van der Waals surface area contributed by atoms with Gasteiger partial charge in [0.25, 0.3) is 0 Å². The molecule has 1 aliphatic heterocycles. The summed E-state index contributed by atoms with van der Waals surface area (Å²) in [6.07, 6.45) is 6.60. The molecule has 0 bridgehead atoms. The first-order chi connectivity index (χ1) is 6.74. The van der Waals surface area contributed by atoms with Gasteiger partial charge in [0.05, 0.1) is 6.10 Å². The van der Waals surface area contributed by atoms with Gasteiger partial charge in [0.1, 0.15) is 0 Å². The van der Waals surface area contributed by atoms with Crippen molar-refractivity contribution in [3.63, 3.8) is 0 Å². The number of rotatable bonds is 2. The van der Waals surface area contributed by atoms with Crippen LogP contribution in [-0.4, -0.2) is 35.7 Å². The van der Waals surface area contributed by atoms with Gasteiger partial charge >= 0.3 is 0 Å². The van der Waals surface area contributed by atoms with Gasteiger partial charge in [0.2, 0.25) is 0 Å². The van der Waals surface area contributed by atoms with Gasteiger partial charge in [-0.05, 0) is 31.1 Å². The molecule has 1 N–H and O–H groups in total. The van der Waals surface area contributed by atoms with E-state index in [0.717, 1.165) is 31.3 Å². The first-order valence-electron chi connectivity index (χ1n) is 6.14. The van der Waals surface area contributed by atoms with E-state index in [9.17, 15) is 5.11 Å².